The zero-order valence-corrected chi connectivity index (χ0v) is 16.5. The first-order valence-electron chi connectivity index (χ1n) is 9.40. The van der Waals surface area contributed by atoms with Gasteiger partial charge in [-0.25, -0.2) is 9.97 Å². The summed E-state index contributed by atoms with van der Waals surface area (Å²) in [4.78, 5) is 34.4. The van der Waals surface area contributed by atoms with E-state index in [9.17, 15) is 19.8 Å². The van der Waals surface area contributed by atoms with E-state index in [1.54, 1.807) is 43.6 Å². The summed E-state index contributed by atoms with van der Waals surface area (Å²) in [5.41, 5.74) is 1.58. The number of carbonyl (C=O) groups is 2. The molecule has 0 fully saturated rings. The molecule has 1 aliphatic heterocycles. The first-order chi connectivity index (χ1) is 13.8. The van der Waals surface area contributed by atoms with Gasteiger partial charge < -0.3 is 20.8 Å². The molecule has 0 aliphatic carbocycles. The lowest BCUT2D eigenvalue weighted by molar-refractivity contribution is -0.119. The number of anilines is 2. The van der Waals surface area contributed by atoms with Crippen molar-refractivity contribution in [3.05, 3.63) is 47.8 Å². The highest BCUT2D eigenvalue weighted by Crippen LogP contribution is 2.41. The van der Waals surface area contributed by atoms with E-state index in [1.165, 1.54) is 11.8 Å². The Bertz CT molecular complexity index is 892. The minimum Gasteiger partial charge on any atom is -0.394 e. The molecule has 1 unspecified atom stereocenters. The zero-order chi connectivity index (χ0) is 21.1. The lowest BCUT2D eigenvalue weighted by Crippen LogP contribution is -2.50. The van der Waals surface area contributed by atoms with Crippen LogP contribution < -0.4 is 15.5 Å². The summed E-state index contributed by atoms with van der Waals surface area (Å²) in [5, 5.41) is 25.8. The second-order valence-electron chi connectivity index (χ2n) is 7.19. The van der Waals surface area contributed by atoms with Gasteiger partial charge in [-0.15, -0.1) is 0 Å². The molecule has 154 valence electrons. The van der Waals surface area contributed by atoms with Crippen LogP contribution in [0.1, 0.15) is 42.7 Å². The van der Waals surface area contributed by atoms with Crippen molar-refractivity contribution in [1.29, 1.82) is 0 Å². The number of fused-ring (bicyclic) bond motifs is 1. The quantitative estimate of drug-likeness (QED) is 0.592. The smallest absolute Gasteiger partial charge is 0.251 e. The van der Waals surface area contributed by atoms with Crippen molar-refractivity contribution in [2.45, 2.75) is 39.1 Å². The lowest BCUT2D eigenvalue weighted by Gasteiger charge is -2.42. The number of carbonyl (C=O) groups excluding carboxylic acids is 2. The standard InChI is InChI=1S/C20H25N5O4/c1-11(10-26)23-18(28)14-5-6-16-15(9-14)17(24-20-21-7-4-8-22-20)12(2)19(29)25(16)13(3)27/h4-9,11-12,17,19,26,29H,10H2,1-3H3,(H,23,28)(H,21,22,24)/t11?,12-,17-,19+/m1/s1. The average Bonchev–Trinajstić information content (AvgIpc) is 2.71. The van der Waals surface area contributed by atoms with Crippen molar-refractivity contribution in [2.75, 3.05) is 16.8 Å². The number of amides is 2. The average molecular weight is 399 g/mol. The van der Waals surface area contributed by atoms with Crippen LogP contribution in [-0.2, 0) is 4.79 Å². The third-order valence-electron chi connectivity index (χ3n) is 4.99. The number of hydrogen-bond acceptors (Lipinski definition) is 7. The summed E-state index contributed by atoms with van der Waals surface area (Å²) in [6, 6.07) is 5.80. The van der Waals surface area contributed by atoms with Crippen LogP contribution in [-0.4, -0.2) is 50.9 Å². The number of aliphatic hydroxyl groups excluding tert-OH is 2. The fourth-order valence-electron chi connectivity index (χ4n) is 3.43. The third-order valence-corrected chi connectivity index (χ3v) is 4.99. The minimum atomic E-state index is -1.05. The molecule has 9 nitrogen and oxygen atoms in total. The largest absolute Gasteiger partial charge is 0.394 e. The summed E-state index contributed by atoms with van der Waals surface area (Å²) in [6.07, 6.45) is 2.15. The Kier molecular flexibility index (Phi) is 6.09. The van der Waals surface area contributed by atoms with Gasteiger partial charge in [0.2, 0.25) is 11.9 Å². The summed E-state index contributed by atoms with van der Waals surface area (Å²) in [6.45, 7) is 4.72. The van der Waals surface area contributed by atoms with Crippen LogP contribution in [0.25, 0.3) is 0 Å². The first-order valence-corrected chi connectivity index (χ1v) is 9.40. The molecule has 0 bridgehead atoms. The van der Waals surface area contributed by atoms with Crippen molar-refractivity contribution in [3.63, 3.8) is 0 Å². The number of aliphatic hydroxyl groups is 2. The Balaban J connectivity index is 2.04. The topological polar surface area (TPSA) is 128 Å². The monoisotopic (exact) mass is 399 g/mol. The van der Waals surface area contributed by atoms with Gasteiger partial charge in [0.05, 0.1) is 18.3 Å². The Morgan fingerprint density at radius 2 is 1.97 bits per heavy atom. The fraction of sp³-hybridized carbons (Fsp3) is 0.400. The highest BCUT2D eigenvalue weighted by molar-refractivity contribution is 5.97. The van der Waals surface area contributed by atoms with Crippen LogP contribution in [0.5, 0.6) is 0 Å². The van der Waals surface area contributed by atoms with Crippen LogP contribution >= 0.6 is 0 Å². The highest BCUT2D eigenvalue weighted by atomic mass is 16.3. The molecule has 9 heteroatoms. The Morgan fingerprint density at radius 1 is 1.28 bits per heavy atom. The maximum absolute atomic E-state index is 12.5. The van der Waals surface area contributed by atoms with Crippen molar-refractivity contribution < 1.29 is 19.8 Å². The third kappa shape index (κ3) is 4.20. The van der Waals surface area contributed by atoms with E-state index in [4.69, 9.17) is 0 Å². The molecular formula is C20H25N5O4. The Morgan fingerprint density at radius 3 is 2.59 bits per heavy atom. The van der Waals surface area contributed by atoms with E-state index in [1.807, 2.05) is 6.92 Å². The molecule has 4 N–H and O–H groups in total. The number of nitrogens with one attached hydrogen (secondary N) is 2. The van der Waals surface area contributed by atoms with E-state index in [-0.39, 0.29) is 24.5 Å². The molecule has 1 aliphatic rings. The van der Waals surface area contributed by atoms with Crippen LogP contribution in [0.15, 0.2) is 36.7 Å². The Hall–Kier alpha value is -3.04. The molecule has 3 rings (SSSR count). The molecule has 2 amide bonds. The van der Waals surface area contributed by atoms with Gasteiger partial charge in [0.25, 0.3) is 5.91 Å². The molecule has 2 heterocycles. The molecule has 2 aromatic rings. The molecular weight excluding hydrogens is 374 g/mol. The van der Waals surface area contributed by atoms with Crippen molar-refractivity contribution in [2.24, 2.45) is 5.92 Å². The highest BCUT2D eigenvalue weighted by Gasteiger charge is 2.40. The number of nitrogens with zero attached hydrogens (tertiary/aromatic N) is 3. The summed E-state index contributed by atoms with van der Waals surface area (Å²) in [7, 11) is 0. The van der Waals surface area contributed by atoms with Crippen molar-refractivity contribution in [3.8, 4) is 0 Å². The van der Waals surface area contributed by atoms with Gasteiger partial charge in [0.1, 0.15) is 6.23 Å². The fourth-order valence-corrected chi connectivity index (χ4v) is 3.43. The first kappa shape index (κ1) is 20.7. The molecule has 1 aromatic heterocycles. The number of benzene rings is 1. The maximum Gasteiger partial charge on any atom is 0.251 e. The molecule has 29 heavy (non-hydrogen) atoms. The van der Waals surface area contributed by atoms with Crippen LogP contribution in [0.4, 0.5) is 11.6 Å². The lowest BCUT2D eigenvalue weighted by atomic mass is 9.85. The normalized spacial score (nSPS) is 21.8. The molecule has 4 atom stereocenters. The summed E-state index contributed by atoms with van der Waals surface area (Å²) >= 11 is 0. The van der Waals surface area contributed by atoms with Gasteiger partial charge in [-0.3, -0.25) is 14.5 Å². The second kappa shape index (κ2) is 8.54. The van der Waals surface area contributed by atoms with Gasteiger partial charge in [0.15, 0.2) is 0 Å². The van der Waals surface area contributed by atoms with Crippen LogP contribution in [0.2, 0.25) is 0 Å². The van der Waals surface area contributed by atoms with Gasteiger partial charge in [-0.1, -0.05) is 6.92 Å². The molecule has 0 saturated heterocycles. The van der Waals surface area contributed by atoms with Crippen molar-refractivity contribution >= 4 is 23.5 Å². The van der Waals surface area contributed by atoms with E-state index >= 15 is 0 Å². The van der Waals surface area contributed by atoms with Crippen molar-refractivity contribution in [1.82, 2.24) is 15.3 Å². The second-order valence-corrected chi connectivity index (χ2v) is 7.19. The van der Waals surface area contributed by atoms with Crippen LogP contribution in [0, 0.1) is 5.92 Å². The SMILES string of the molecule is CC(=O)N1c2ccc(C(=O)NC(C)CO)cc2[C@H](Nc2ncccn2)[C@@H](C)[C@@H]1O. The molecule has 1 aromatic carbocycles. The number of hydrogen-bond donors (Lipinski definition) is 4. The maximum atomic E-state index is 12.5. The Labute approximate surface area is 168 Å². The summed E-state index contributed by atoms with van der Waals surface area (Å²) in [5.74, 6) is -0.657. The summed E-state index contributed by atoms with van der Waals surface area (Å²) < 4.78 is 0. The van der Waals surface area contributed by atoms with Gasteiger partial charge in [-0.2, -0.15) is 0 Å². The van der Waals surface area contributed by atoms with Gasteiger partial charge >= 0.3 is 0 Å². The molecule has 0 radical (unpaired) electrons. The molecule has 0 saturated carbocycles. The van der Waals surface area contributed by atoms with E-state index < -0.39 is 18.2 Å². The number of aromatic nitrogens is 2. The van der Waals surface area contributed by atoms with Gasteiger partial charge in [-0.05, 0) is 36.8 Å². The molecule has 0 spiro atoms. The van der Waals surface area contributed by atoms with Gasteiger partial charge in [0, 0.05) is 36.8 Å². The number of rotatable bonds is 5. The predicted octanol–water partition coefficient (Wildman–Crippen LogP) is 1.06. The zero-order valence-electron chi connectivity index (χ0n) is 16.5. The van der Waals surface area contributed by atoms with E-state index in [2.05, 4.69) is 20.6 Å². The van der Waals surface area contributed by atoms with Crippen LogP contribution in [0.3, 0.4) is 0 Å². The minimum absolute atomic E-state index is 0.173. The predicted molar refractivity (Wildman–Crippen MR) is 107 cm³/mol. The van der Waals surface area contributed by atoms with E-state index in [0.717, 1.165) is 0 Å². The van der Waals surface area contributed by atoms with E-state index in [0.29, 0.717) is 22.8 Å².